The van der Waals surface area contributed by atoms with Gasteiger partial charge in [-0.2, -0.15) is 0 Å². The zero-order valence-corrected chi connectivity index (χ0v) is 16.0. The van der Waals surface area contributed by atoms with Crippen LogP contribution in [0.1, 0.15) is 91.4 Å². The van der Waals surface area contributed by atoms with Crippen molar-refractivity contribution in [2.45, 2.75) is 91.4 Å². The summed E-state index contributed by atoms with van der Waals surface area (Å²) in [7, 11) is 0. The van der Waals surface area contributed by atoms with E-state index in [1.165, 1.54) is 38.5 Å². The molecule has 0 saturated heterocycles. The van der Waals surface area contributed by atoms with Gasteiger partial charge in [0.05, 0.1) is 0 Å². The predicted molar refractivity (Wildman–Crippen MR) is 99.2 cm³/mol. The first-order chi connectivity index (χ1) is 11.1. The van der Waals surface area contributed by atoms with E-state index >= 15 is 0 Å². The quantitative estimate of drug-likeness (QED) is 0.529. The summed E-state index contributed by atoms with van der Waals surface area (Å²) in [5, 5.41) is 0. The summed E-state index contributed by atoms with van der Waals surface area (Å²) in [6, 6.07) is 0. The Labute approximate surface area is 145 Å². The zero-order valence-electron chi connectivity index (χ0n) is 16.0. The molecule has 0 heterocycles. The summed E-state index contributed by atoms with van der Waals surface area (Å²) in [6.45, 7) is 7.72. The lowest BCUT2D eigenvalue weighted by Gasteiger charge is -2.36. The molecule has 0 N–H and O–H groups in total. The average molecular weight is 317 g/mol. The molecular formula is C23H40. The van der Waals surface area contributed by atoms with Crippen molar-refractivity contribution in [3.05, 3.63) is 0 Å². The minimum absolute atomic E-state index is 0.981. The molecular weight excluding hydrogens is 276 g/mol. The van der Waals surface area contributed by atoms with Crippen molar-refractivity contribution in [1.82, 2.24) is 0 Å². The van der Waals surface area contributed by atoms with Gasteiger partial charge in [-0.3, -0.25) is 0 Å². The molecule has 0 bridgehead atoms. The van der Waals surface area contributed by atoms with Crippen LogP contribution in [0, 0.1) is 53.3 Å². The number of hydrogen-bond acceptors (Lipinski definition) is 0. The first kappa shape index (κ1) is 16.5. The highest BCUT2D eigenvalue weighted by Crippen LogP contribution is 2.65. The van der Waals surface area contributed by atoms with Crippen LogP contribution in [-0.4, -0.2) is 0 Å². The molecule has 4 saturated carbocycles. The lowest BCUT2D eigenvalue weighted by Crippen LogP contribution is -2.28. The normalized spacial score (nSPS) is 51.3. The van der Waals surface area contributed by atoms with E-state index in [2.05, 4.69) is 20.8 Å². The first-order valence-corrected chi connectivity index (χ1v) is 11.1. The van der Waals surface area contributed by atoms with Crippen LogP contribution in [0.3, 0.4) is 0 Å². The Bertz CT molecular complexity index is 393. The van der Waals surface area contributed by atoms with Gasteiger partial charge in [-0.1, -0.05) is 65.7 Å². The van der Waals surface area contributed by atoms with E-state index in [1.54, 1.807) is 32.1 Å². The third-order valence-electron chi connectivity index (χ3n) is 8.79. The second kappa shape index (κ2) is 6.72. The van der Waals surface area contributed by atoms with Crippen molar-refractivity contribution in [2.24, 2.45) is 53.3 Å². The van der Waals surface area contributed by atoms with Crippen LogP contribution in [0.15, 0.2) is 0 Å². The standard InChI is InChI=1S/C23H40/c1-15-7-6-10-20-22(19-12-11-16(19)2)23(20)21(17(3)13-15)14-18-8-4-5-9-18/h15-23H,4-14H2,1-3H3. The van der Waals surface area contributed by atoms with Crippen molar-refractivity contribution in [1.29, 1.82) is 0 Å². The fraction of sp³-hybridized carbons (Fsp3) is 1.00. The van der Waals surface area contributed by atoms with Crippen molar-refractivity contribution in [3.8, 4) is 0 Å². The first-order valence-electron chi connectivity index (χ1n) is 11.1. The smallest absolute Gasteiger partial charge is 0.0318 e. The minimum Gasteiger partial charge on any atom is -0.0625 e. The van der Waals surface area contributed by atoms with Gasteiger partial charge in [0, 0.05) is 0 Å². The molecule has 23 heavy (non-hydrogen) atoms. The van der Waals surface area contributed by atoms with E-state index in [0.717, 1.165) is 53.3 Å². The molecule has 0 radical (unpaired) electrons. The second-order valence-electron chi connectivity index (χ2n) is 10.3. The largest absolute Gasteiger partial charge is 0.0625 e. The molecule has 8 atom stereocenters. The van der Waals surface area contributed by atoms with E-state index in [4.69, 9.17) is 0 Å². The molecule has 0 heteroatoms. The van der Waals surface area contributed by atoms with E-state index in [9.17, 15) is 0 Å². The molecule has 4 aliphatic carbocycles. The number of fused-ring (bicyclic) bond motifs is 1. The Morgan fingerprint density at radius 3 is 2.09 bits per heavy atom. The zero-order chi connectivity index (χ0) is 16.0. The Morgan fingerprint density at radius 1 is 0.652 bits per heavy atom. The van der Waals surface area contributed by atoms with Crippen LogP contribution in [0.2, 0.25) is 0 Å². The molecule has 0 aromatic carbocycles. The average Bonchev–Trinajstić information content (AvgIpc) is 2.95. The van der Waals surface area contributed by atoms with E-state index in [-0.39, 0.29) is 0 Å². The van der Waals surface area contributed by atoms with Crippen LogP contribution < -0.4 is 0 Å². The molecule has 4 rings (SSSR count). The molecule has 0 aromatic rings. The van der Waals surface area contributed by atoms with Crippen LogP contribution in [-0.2, 0) is 0 Å². The second-order valence-corrected chi connectivity index (χ2v) is 10.3. The highest BCUT2D eigenvalue weighted by atomic mass is 14.6. The van der Waals surface area contributed by atoms with Gasteiger partial charge in [0.2, 0.25) is 0 Å². The van der Waals surface area contributed by atoms with Gasteiger partial charge in [-0.05, 0) is 78.9 Å². The maximum absolute atomic E-state index is 2.64. The molecule has 0 spiro atoms. The summed E-state index contributed by atoms with van der Waals surface area (Å²) >= 11 is 0. The van der Waals surface area contributed by atoms with Crippen LogP contribution in [0.5, 0.6) is 0 Å². The molecule has 0 nitrogen and oxygen atoms in total. The van der Waals surface area contributed by atoms with Gasteiger partial charge < -0.3 is 0 Å². The highest BCUT2D eigenvalue weighted by molar-refractivity contribution is 5.07. The van der Waals surface area contributed by atoms with Crippen molar-refractivity contribution < 1.29 is 0 Å². The van der Waals surface area contributed by atoms with Gasteiger partial charge in [0.1, 0.15) is 0 Å². The lowest BCUT2D eigenvalue weighted by atomic mass is 9.69. The lowest BCUT2D eigenvalue weighted by molar-refractivity contribution is 0.133. The van der Waals surface area contributed by atoms with E-state index in [1.807, 2.05) is 0 Å². The van der Waals surface area contributed by atoms with Crippen LogP contribution in [0.4, 0.5) is 0 Å². The predicted octanol–water partition coefficient (Wildman–Crippen LogP) is 6.94. The Balaban J connectivity index is 1.50. The SMILES string of the molecule is CC1CCCC2C(C3CCC3C)C2C(CC2CCCC2)C(C)C1. The fourth-order valence-electron chi connectivity index (χ4n) is 7.31. The van der Waals surface area contributed by atoms with E-state index < -0.39 is 0 Å². The summed E-state index contributed by atoms with van der Waals surface area (Å²) in [4.78, 5) is 0. The Hall–Kier alpha value is 0. The molecule has 4 fully saturated rings. The Morgan fingerprint density at radius 2 is 1.43 bits per heavy atom. The molecule has 0 aromatic heterocycles. The molecule has 8 unspecified atom stereocenters. The van der Waals surface area contributed by atoms with Crippen LogP contribution >= 0.6 is 0 Å². The monoisotopic (exact) mass is 316 g/mol. The fourth-order valence-corrected chi connectivity index (χ4v) is 7.31. The summed E-state index contributed by atoms with van der Waals surface area (Å²) < 4.78 is 0. The summed E-state index contributed by atoms with van der Waals surface area (Å²) in [6.07, 6.45) is 17.0. The molecule has 132 valence electrons. The van der Waals surface area contributed by atoms with Gasteiger partial charge >= 0.3 is 0 Å². The highest BCUT2D eigenvalue weighted by Gasteiger charge is 2.59. The van der Waals surface area contributed by atoms with Gasteiger partial charge in [0.15, 0.2) is 0 Å². The van der Waals surface area contributed by atoms with Gasteiger partial charge in [0.25, 0.3) is 0 Å². The number of rotatable bonds is 3. The maximum Gasteiger partial charge on any atom is -0.0318 e. The maximum atomic E-state index is 2.64. The molecule has 4 aliphatic rings. The molecule has 0 aliphatic heterocycles. The number of hydrogen-bond donors (Lipinski definition) is 0. The molecule has 0 amide bonds. The van der Waals surface area contributed by atoms with Crippen LogP contribution in [0.25, 0.3) is 0 Å². The summed E-state index contributed by atoms with van der Waals surface area (Å²) in [5.41, 5.74) is 0. The van der Waals surface area contributed by atoms with Crippen molar-refractivity contribution >= 4 is 0 Å². The minimum atomic E-state index is 0.981. The summed E-state index contributed by atoms with van der Waals surface area (Å²) in [5.74, 6) is 9.77. The van der Waals surface area contributed by atoms with Crippen molar-refractivity contribution in [2.75, 3.05) is 0 Å². The van der Waals surface area contributed by atoms with Crippen molar-refractivity contribution in [3.63, 3.8) is 0 Å². The van der Waals surface area contributed by atoms with Gasteiger partial charge in [-0.25, -0.2) is 0 Å². The Kier molecular flexibility index (Phi) is 4.81. The van der Waals surface area contributed by atoms with E-state index in [0.29, 0.717) is 0 Å². The van der Waals surface area contributed by atoms with Gasteiger partial charge in [-0.15, -0.1) is 0 Å². The third-order valence-corrected chi connectivity index (χ3v) is 8.79. The topological polar surface area (TPSA) is 0 Å². The third kappa shape index (κ3) is 3.25.